The summed E-state index contributed by atoms with van der Waals surface area (Å²) in [6, 6.07) is 16.1. The third-order valence-corrected chi connectivity index (χ3v) is 5.67. The van der Waals surface area contributed by atoms with Crippen LogP contribution in [-0.4, -0.2) is 14.5 Å². The summed E-state index contributed by atoms with van der Waals surface area (Å²) >= 11 is 12.6. The fourth-order valence-corrected chi connectivity index (χ4v) is 3.89. The van der Waals surface area contributed by atoms with Crippen LogP contribution in [0.4, 0.5) is 0 Å². The highest BCUT2D eigenvalue weighted by Gasteiger charge is 2.30. The third kappa shape index (κ3) is 3.22. The highest BCUT2D eigenvalue weighted by molar-refractivity contribution is 6.33. The van der Waals surface area contributed by atoms with Gasteiger partial charge in [0.1, 0.15) is 5.82 Å². The Morgan fingerprint density at radius 3 is 2.52 bits per heavy atom. The number of pyridine rings is 1. The monoisotopic (exact) mass is 393 g/mol. The number of hydrogen-bond acceptors (Lipinski definition) is 2. The van der Waals surface area contributed by atoms with Gasteiger partial charge in [0.15, 0.2) is 0 Å². The summed E-state index contributed by atoms with van der Waals surface area (Å²) < 4.78 is 2.30. The minimum Gasteiger partial charge on any atom is -0.323 e. The molecule has 0 aliphatic heterocycles. The molecular weight excluding hydrogens is 377 g/mol. The van der Waals surface area contributed by atoms with Gasteiger partial charge in [-0.25, -0.2) is 4.98 Å². The number of benzene rings is 2. The van der Waals surface area contributed by atoms with Crippen LogP contribution >= 0.6 is 23.2 Å². The SMILES string of the molecule is Clc1ccc(Cl)c(Cn2c(C3CC3)nc3ccc(-c4ccncc4)cc32)c1. The van der Waals surface area contributed by atoms with Crippen molar-refractivity contribution in [3.8, 4) is 11.1 Å². The standard InChI is InChI=1S/C22H17Cl2N3/c23-18-4-5-19(24)17(11-18)13-27-21-12-16(14-7-9-25-10-8-14)3-6-20(21)26-22(27)15-1-2-15/h3-12,15H,1-2,13H2. The largest absolute Gasteiger partial charge is 0.323 e. The molecule has 134 valence electrons. The summed E-state index contributed by atoms with van der Waals surface area (Å²) in [5.74, 6) is 1.69. The van der Waals surface area contributed by atoms with Crippen LogP contribution in [0.2, 0.25) is 10.0 Å². The van der Waals surface area contributed by atoms with Crippen molar-refractivity contribution in [2.75, 3.05) is 0 Å². The second-order valence-corrected chi connectivity index (χ2v) is 7.85. The lowest BCUT2D eigenvalue weighted by molar-refractivity contribution is 0.747. The molecule has 0 N–H and O–H groups in total. The minimum absolute atomic E-state index is 0.541. The van der Waals surface area contributed by atoms with Gasteiger partial charge in [-0.05, 0) is 72.0 Å². The fourth-order valence-electron chi connectivity index (χ4n) is 3.52. The molecule has 1 fully saturated rings. The normalized spacial score (nSPS) is 14.0. The van der Waals surface area contributed by atoms with Crippen LogP contribution in [0, 0.1) is 0 Å². The first kappa shape index (κ1) is 16.8. The summed E-state index contributed by atoms with van der Waals surface area (Å²) in [5, 5.41) is 1.43. The first-order chi connectivity index (χ1) is 13.2. The van der Waals surface area contributed by atoms with Crippen molar-refractivity contribution in [2.45, 2.75) is 25.3 Å². The Hall–Kier alpha value is -2.36. The van der Waals surface area contributed by atoms with Gasteiger partial charge in [-0.3, -0.25) is 4.98 Å². The van der Waals surface area contributed by atoms with Gasteiger partial charge in [-0.15, -0.1) is 0 Å². The average Bonchev–Trinajstić information content (AvgIpc) is 3.48. The summed E-state index contributed by atoms with van der Waals surface area (Å²) in [6.45, 7) is 0.668. The number of nitrogens with zero attached hydrogens (tertiary/aromatic N) is 3. The molecule has 1 saturated carbocycles. The van der Waals surface area contributed by atoms with Gasteiger partial charge in [0, 0.05) is 28.4 Å². The Morgan fingerprint density at radius 2 is 1.74 bits per heavy atom. The predicted molar refractivity (Wildman–Crippen MR) is 111 cm³/mol. The molecule has 0 atom stereocenters. The van der Waals surface area contributed by atoms with Gasteiger partial charge in [0.25, 0.3) is 0 Å². The van der Waals surface area contributed by atoms with Crippen LogP contribution in [-0.2, 0) is 6.54 Å². The average molecular weight is 394 g/mol. The van der Waals surface area contributed by atoms with Crippen molar-refractivity contribution < 1.29 is 0 Å². The van der Waals surface area contributed by atoms with Gasteiger partial charge >= 0.3 is 0 Å². The highest BCUT2D eigenvalue weighted by Crippen LogP contribution is 2.41. The molecule has 0 bridgehead atoms. The van der Waals surface area contributed by atoms with E-state index in [0.29, 0.717) is 17.5 Å². The van der Waals surface area contributed by atoms with Crippen LogP contribution in [0.15, 0.2) is 60.9 Å². The smallest absolute Gasteiger partial charge is 0.113 e. The number of halogens is 2. The second-order valence-electron chi connectivity index (χ2n) is 7.01. The van der Waals surface area contributed by atoms with Crippen molar-refractivity contribution in [3.63, 3.8) is 0 Å². The minimum atomic E-state index is 0.541. The molecular formula is C22H17Cl2N3. The van der Waals surface area contributed by atoms with E-state index < -0.39 is 0 Å². The Kier molecular flexibility index (Phi) is 4.14. The zero-order chi connectivity index (χ0) is 18.4. The van der Waals surface area contributed by atoms with E-state index in [9.17, 15) is 0 Å². The molecule has 5 heteroatoms. The summed E-state index contributed by atoms with van der Waals surface area (Å²) in [7, 11) is 0. The quantitative estimate of drug-likeness (QED) is 0.405. The Balaban J connectivity index is 1.66. The second kappa shape index (κ2) is 6.66. The van der Waals surface area contributed by atoms with Crippen LogP contribution in [0.1, 0.15) is 30.1 Å². The number of hydrogen-bond donors (Lipinski definition) is 0. The molecule has 27 heavy (non-hydrogen) atoms. The summed E-state index contributed by atoms with van der Waals surface area (Å²) in [4.78, 5) is 9.05. The number of imidazole rings is 1. The maximum Gasteiger partial charge on any atom is 0.113 e. The molecule has 0 spiro atoms. The van der Waals surface area contributed by atoms with E-state index in [-0.39, 0.29) is 0 Å². The van der Waals surface area contributed by atoms with E-state index in [2.05, 4.69) is 27.8 Å². The van der Waals surface area contributed by atoms with Crippen LogP contribution < -0.4 is 0 Å². The molecule has 4 aromatic rings. The number of rotatable bonds is 4. The molecule has 0 radical (unpaired) electrons. The van der Waals surface area contributed by atoms with Crippen LogP contribution in [0.5, 0.6) is 0 Å². The third-order valence-electron chi connectivity index (χ3n) is 5.07. The molecule has 0 amide bonds. The van der Waals surface area contributed by atoms with E-state index in [4.69, 9.17) is 28.2 Å². The van der Waals surface area contributed by atoms with Gasteiger partial charge in [-0.1, -0.05) is 29.3 Å². The van der Waals surface area contributed by atoms with Crippen molar-refractivity contribution in [1.82, 2.24) is 14.5 Å². The highest BCUT2D eigenvalue weighted by atomic mass is 35.5. The van der Waals surface area contributed by atoms with E-state index in [1.165, 1.54) is 12.8 Å². The lowest BCUT2D eigenvalue weighted by Crippen LogP contribution is -2.05. The summed E-state index contributed by atoms with van der Waals surface area (Å²) in [6.07, 6.45) is 6.03. The van der Waals surface area contributed by atoms with E-state index in [0.717, 1.165) is 38.6 Å². The lowest BCUT2D eigenvalue weighted by Gasteiger charge is -2.11. The zero-order valence-corrected chi connectivity index (χ0v) is 16.1. The Labute approximate surface area is 167 Å². The number of aromatic nitrogens is 3. The van der Waals surface area contributed by atoms with Crippen molar-refractivity contribution in [1.29, 1.82) is 0 Å². The topological polar surface area (TPSA) is 30.7 Å². The van der Waals surface area contributed by atoms with Gasteiger partial charge in [-0.2, -0.15) is 0 Å². The van der Waals surface area contributed by atoms with E-state index >= 15 is 0 Å². The predicted octanol–water partition coefficient (Wildman–Crippen LogP) is 6.33. The Morgan fingerprint density at radius 1 is 0.926 bits per heavy atom. The fraction of sp³-hybridized carbons (Fsp3) is 0.182. The Bertz CT molecular complexity index is 1130. The van der Waals surface area contributed by atoms with Crippen LogP contribution in [0.3, 0.4) is 0 Å². The molecule has 1 aliphatic carbocycles. The number of fused-ring (bicyclic) bond motifs is 1. The van der Waals surface area contributed by atoms with Gasteiger partial charge in [0.05, 0.1) is 17.6 Å². The molecule has 2 aromatic carbocycles. The van der Waals surface area contributed by atoms with Crippen molar-refractivity contribution in [2.24, 2.45) is 0 Å². The van der Waals surface area contributed by atoms with Gasteiger partial charge < -0.3 is 4.57 Å². The molecule has 3 nitrogen and oxygen atoms in total. The van der Waals surface area contributed by atoms with Gasteiger partial charge in [0.2, 0.25) is 0 Å². The molecule has 2 heterocycles. The molecule has 2 aromatic heterocycles. The molecule has 0 saturated heterocycles. The molecule has 1 aliphatic rings. The lowest BCUT2D eigenvalue weighted by atomic mass is 10.1. The van der Waals surface area contributed by atoms with E-state index in [1.54, 1.807) is 0 Å². The maximum atomic E-state index is 6.44. The maximum absolute atomic E-state index is 6.44. The summed E-state index contributed by atoms with van der Waals surface area (Å²) in [5.41, 5.74) is 5.47. The first-order valence-corrected chi connectivity index (χ1v) is 9.79. The van der Waals surface area contributed by atoms with E-state index in [1.807, 2.05) is 42.7 Å². The van der Waals surface area contributed by atoms with Crippen molar-refractivity contribution >= 4 is 34.2 Å². The molecule has 0 unspecified atom stereocenters. The molecule has 5 rings (SSSR count). The van der Waals surface area contributed by atoms with Crippen molar-refractivity contribution in [3.05, 3.63) is 82.4 Å². The first-order valence-electron chi connectivity index (χ1n) is 9.03. The zero-order valence-electron chi connectivity index (χ0n) is 14.6. The van der Waals surface area contributed by atoms with Crippen LogP contribution in [0.25, 0.3) is 22.2 Å².